The molecule has 0 saturated heterocycles. The van der Waals surface area contributed by atoms with Crippen molar-refractivity contribution in [2.45, 2.75) is 337 Å². The Morgan fingerprint density at radius 2 is 0.493 bits per heavy atom. The molecule has 0 aliphatic carbocycles. The highest BCUT2D eigenvalue weighted by molar-refractivity contribution is 5.87. The van der Waals surface area contributed by atoms with Crippen LogP contribution in [0.4, 0.5) is 0 Å². The minimum absolute atomic E-state index is 0.0804. The van der Waals surface area contributed by atoms with Crippen LogP contribution in [0.3, 0.4) is 0 Å². The second-order valence-corrected chi connectivity index (χ2v) is 23.8. The van der Waals surface area contributed by atoms with E-state index in [1.165, 1.54) is 212 Å². The molecule has 0 amide bonds. The van der Waals surface area contributed by atoms with E-state index in [-0.39, 0.29) is 5.41 Å². The summed E-state index contributed by atoms with van der Waals surface area (Å²) in [7, 11) is 0. The Morgan fingerprint density at radius 3 is 0.644 bits per heavy atom. The zero-order chi connectivity index (χ0) is 55.2. The van der Waals surface area contributed by atoms with Gasteiger partial charge in [-0.2, -0.15) is 0 Å². The Balaban J connectivity index is -0.000000904. The highest BCUT2D eigenvalue weighted by atomic mass is 16.4. The summed E-state index contributed by atoms with van der Waals surface area (Å²) in [5, 5.41) is 34.2. The normalized spacial score (nSPS) is 11.2. The summed E-state index contributed by atoms with van der Waals surface area (Å²) in [6.07, 6.45) is 52.0. The van der Waals surface area contributed by atoms with Crippen LogP contribution < -0.4 is 0 Å². The van der Waals surface area contributed by atoms with Crippen LogP contribution in [0.2, 0.25) is 0 Å². The van der Waals surface area contributed by atoms with Crippen LogP contribution >= 0.6 is 0 Å². The molecule has 0 aliphatic heterocycles. The Hall–Kier alpha value is -2.90. The lowest BCUT2D eigenvalue weighted by Crippen LogP contribution is -2.11. The van der Waals surface area contributed by atoms with E-state index in [1.807, 2.05) is 12.1 Å². The fraction of sp³-hybridized carbons (Fsp3) is 0.846. The maximum absolute atomic E-state index is 10.6. The van der Waals surface area contributed by atoms with Crippen LogP contribution in [-0.2, 0) is 19.8 Å². The van der Waals surface area contributed by atoms with E-state index in [0.29, 0.717) is 24.8 Å². The molecule has 0 unspecified atom stereocenters. The minimum Gasteiger partial charge on any atom is -0.481 e. The number of carbonyl (C=O) groups is 4. The number of benzene rings is 1. The highest BCUT2D eigenvalue weighted by Crippen LogP contribution is 2.22. The van der Waals surface area contributed by atoms with Gasteiger partial charge in [-0.3, -0.25) is 14.4 Å². The fourth-order valence-electron chi connectivity index (χ4n) is 8.90. The quantitative estimate of drug-likeness (QED) is 0.0472. The molecular formula is C65H122O8. The lowest BCUT2D eigenvalue weighted by Gasteiger charge is -2.18. The van der Waals surface area contributed by atoms with Crippen LogP contribution in [0.5, 0.6) is 0 Å². The van der Waals surface area contributed by atoms with E-state index in [1.54, 1.807) is 12.1 Å². The molecule has 0 bridgehead atoms. The van der Waals surface area contributed by atoms with E-state index < -0.39 is 23.9 Å². The molecule has 1 aromatic carbocycles. The smallest absolute Gasteiger partial charge is 0.335 e. The number of rotatable bonds is 46. The highest BCUT2D eigenvalue weighted by Gasteiger charge is 2.14. The van der Waals surface area contributed by atoms with Gasteiger partial charge in [0, 0.05) is 19.3 Å². The molecule has 0 aromatic heterocycles. The Labute approximate surface area is 452 Å². The molecule has 0 radical (unpaired) electrons. The van der Waals surface area contributed by atoms with Gasteiger partial charge in [0.15, 0.2) is 0 Å². The predicted octanol–water partition coefficient (Wildman–Crippen LogP) is 21.2. The third-order valence-electron chi connectivity index (χ3n) is 13.8. The van der Waals surface area contributed by atoms with Gasteiger partial charge in [-0.05, 0) is 60.1 Å². The number of carboxylic acid groups (broad SMARTS) is 4. The van der Waals surface area contributed by atoms with Gasteiger partial charge in [0.25, 0.3) is 0 Å². The molecule has 0 aliphatic rings. The lowest BCUT2D eigenvalue weighted by atomic mass is 9.87. The SMILES string of the molecule is CC(C)(C)c1ccc(C(=O)O)cc1.CC(C)CCCCCCCCCCCCCCC(=O)O.CC(C)CCCCCCCCCCCCCCC(=O)O.CC(C)CCCCCCCCCCCCCCC(=O)O. The first-order valence-electron chi connectivity index (χ1n) is 30.8. The van der Waals surface area contributed by atoms with Crippen molar-refractivity contribution in [3.8, 4) is 0 Å². The number of hydrogen-bond donors (Lipinski definition) is 4. The summed E-state index contributed by atoms with van der Waals surface area (Å²) in [6.45, 7) is 20.1. The lowest BCUT2D eigenvalue weighted by molar-refractivity contribution is -0.138. The number of hydrogen-bond acceptors (Lipinski definition) is 4. The Morgan fingerprint density at radius 1 is 0.315 bits per heavy atom. The second kappa shape index (κ2) is 55.3. The molecule has 8 heteroatoms. The van der Waals surface area contributed by atoms with Gasteiger partial charge in [-0.25, -0.2) is 4.79 Å². The molecule has 1 rings (SSSR count). The van der Waals surface area contributed by atoms with Crippen molar-refractivity contribution in [1.82, 2.24) is 0 Å². The van der Waals surface area contributed by atoms with Gasteiger partial charge >= 0.3 is 23.9 Å². The standard InChI is InChI=1S/3C18H36O2.C11H14O2/c3*1-17(2)15-13-11-9-7-5-3-4-6-8-10-12-14-16-18(19)20;1-11(2,3)9-6-4-8(5-7-9)10(12)13/h3*17H,3-16H2,1-2H3,(H,19,20);4-7H,1-3H3,(H,12,13). The molecule has 0 spiro atoms. The van der Waals surface area contributed by atoms with E-state index in [4.69, 9.17) is 20.4 Å². The average Bonchev–Trinajstić information content (AvgIpc) is 3.31. The first kappa shape index (κ1) is 74.3. The number of unbranched alkanes of at least 4 members (excludes halogenated alkanes) is 33. The third-order valence-corrected chi connectivity index (χ3v) is 13.8. The third kappa shape index (κ3) is 67.1. The van der Waals surface area contributed by atoms with E-state index >= 15 is 0 Å². The van der Waals surface area contributed by atoms with Gasteiger partial charge in [0.2, 0.25) is 0 Å². The molecule has 1 aromatic rings. The van der Waals surface area contributed by atoms with Crippen molar-refractivity contribution >= 4 is 23.9 Å². The van der Waals surface area contributed by atoms with Crippen LogP contribution in [-0.4, -0.2) is 44.3 Å². The van der Waals surface area contributed by atoms with Crippen LogP contribution in [0.25, 0.3) is 0 Å². The Bertz CT molecular complexity index is 1240. The average molecular weight is 1030 g/mol. The monoisotopic (exact) mass is 1030 g/mol. The molecule has 430 valence electrons. The second-order valence-electron chi connectivity index (χ2n) is 23.8. The number of aliphatic carboxylic acids is 3. The zero-order valence-electron chi connectivity index (χ0n) is 49.7. The van der Waals surface area contributed by atoms with Gasteiger partial charge in [-0.15, -0.1) is 0 Å². The molecule has 4 N–H and O–H groups in total. The fourth-order valence-corrected chi connectivity index (χ4v) is 8.90. The maximum atomic E-state index is 10.6. The van der Waals surface area contributed by atoms with Crippen molar-refractivity contribution in [2.75, 3.05) is 0 Å². The molecular weight excluding hydrogens is 909 g/mol. The zero-order valence-corrected chi connectivity index (χ0v) is 49.7. The summed E-state index contributed by atoms with van der Waals surface area (Å²) in [5.74, 6) is -0.239. The number of carboxylic acids is 4. The maximum Gasteiger partial charge on any atom is 0.335 e. The molecule has 0 saturated carbocycles. The number of aromatic carboxylic acids is 1. The summed E-state index contributed by atoms with van der Waals surface area (Å²) in [4.78, 5) is 41.6. The summed E-state index contributed by atoms with van der Waals surface area (Å²) in [6, 6.07) is 7.01. The Kier molecular flexibility index (Phi) is 56.4. The van der Waals surface area contributed by atoms with Crippen LogP contribution in [0.1, 0.15) is 348 Å². The van der Waals surface area contributed by atoms with Gasteiger partial charge in [-0.1, -0.05) is 306 Å². The van der Waals surface area contributed by atoms with E-state index in [2.05, 4.69) is 62.3 Å². The first-order chi connectivity index (χ1) is 34.8. The largest absolute Gasteiger partial charge is 0.481 e. The molecule has 0 fully saturated rings. The van der Waals surface area contributed by atoms with Gasteiger partial charge < -0.3 is 20.4 Å². The summed E-state index contributed by atoms with van der Waals surface area (Å²) >= 11 is 0. The van der Waals surface area contributed by atoms with E-state index in [0.717, 1.165) is 61.8 Å². The summed E-state index contributed by atoms with van der Waals surface area (Å²) < 4.78 is 0. The van der Waals surface area contributed by atoms with Crippen molar-refractivity contribution in [3.05, 3.63) is 35.4 Å². The molecule has 0 atom stereocenters. The van der Waals surface area contributed by atoms with Gasteiger partial charge in [0.1, 0.15) is 0 Å². The molecule has 73 heavy (non-hydrogen) atoms. The van der Waals surface area contributed by atoms with Gasteiger partial charge in [0.05, 0.1) is 5.56 Å². The summed E-state index contributed by atoms with van der Waals surface area (Å²) in [5.41, 5.74) is 1.57. The first-order valence-corrected chi connectivity index (χ1v) is 30.8. The molecule has 8 nitrogen and oxygen atoms in total. The van der Waals surface area contributed by atoms with Crippen molar-refractivity contribution in [2.24, 2.45) is 17.8 Å². The van der Waals surface area contributed by atoms with E-state index in [9.17, 15) is 19.2 Å². The minimum atomic E-state index is -0.875. The van der Waals surface area contributed by atoms with Crippen LogP contribution in [0.15, 0.2) is 24.3 Å². The van der Waals surface area contributed by atoms with Crippen molar-refractivity contribution < 1.29 is 39.6 Å². The molecule has 0 heterocycles. The predicted molar refractivity (Wildman–Crippen MR) is 313 cm³/mol. The van der Waals surface area contributed by atoms with Crippen molar-refractivity contribution in [3.63, 3.8) is 0 Å². The van der Waals surface area contributed by atoms with Crippen LogP contribution in [0, 0.1) is 17.8 Å². The van der Waals surface area contributed by atoms with Crippen molar-refractivity contribution in [1.29, 1.82) is 0 Å². The topological polar surface area (TPSA) is 149 Å².